The Balaban J connectivity index is 2.10. The number of anilines is 1. The molecule has 1 unspecified atom stereocenters. The minimum atomic E-state index is 0.445. The summed E-state index contributed by atoms with van der Waals surface area (Å²) >= 11 is 0. The molecule has 1 aliphatic rings. The van der Waals surface area contributed by atoms with Crippen molar-refractivity contribution < 1.29 is 4.74 Å². The molecule has 1 atom stereocenters. The van der Waals surface area contributed by atoms with Crippen molar-refractivity contribution >= 4 is 5.95 Å². The first kappa shape index (κ1) is 13.8. The third-order valence-corrected chi connectivity index (χ3v) is 3.49. The van der Waals surface area contributed by atoms with Crippen molar-refractivity contribution in [1.29, 1.82) is 5.26 Å². The molecule has 2 heterocycles. The fraction of sp³-hybridized carbons (Fsp3) is 0.643. The van der Waals surface area contributed by atoms with Gasteiger partial charge < -0.3 is 9.64 Å². The van der Waals surface area contributed by atoms with Crippen LogP contribution < -0.4 is 4.90 Å². The molecule has 1 aromatic rings. The summed E-state index contributed by atoms with van der Waals surface area (Å²) in [4.78, 5) is 10.9. The van der Waals surface area contributed by atoms with Crippen LogP contribution in [-0.4, -0.2) is 36.8 Å². The van der Waals surface area contributed by atoms with Crippen LogP contribution in [0.25, 0.3) is 0 Å². The second kappa shape index (κ2) is 6.48. The lowest BCUT2D eigenvalue weighted by Gasteiger charge is -2.20. The highest BCUT2D eigenvalue weighted by Gasteiger charge is 2.19. The number of aromatic nitrogens is 2. The Morgan fingerprint density at radius 1 is 1.42 bits per heavy atom. The molecule has 0 spiro atoms. The van der Waals surface area contributed by atoms with Crippen LogP contribution in [0.2, 0.25) is 0 Å². The molecule has 0 aliphatic carbocycles. The summed E-state index contributed by atoms with van der Waals surface area (Å²) in [6, 6.07) is 3.81. The zero-order valence-corrected chi connectivity index (χ0v) is 11.6. The molecule has 102 valence electrons. The zero-order valence-electron chi connectivity index (χ0n) is 11.6. The van der Waals surface area contributed by atoms with Crippen LogP contribution in [0.5, 0.6) is 0 Å². The van der Waals surface area contributed by atoms with Gasteiger partial charge in [0.25, 0.3) is 0 Å². The Labute approximate surface area is 114 Å². The van der Waals surface area contributed by atoms with E-state index in [1.54, 1.807) is 13.2 Å². The van der Waals surface area contributed by atoms with Crippen molar-refractivity contribution in [3.63, 3.8) is 0 Å². The first-order valence-corrected chi connectivity index (χ1v) is 6.72. The van der Waals surface area contributed by atoms with Gasteiger partial charge in [-0.1, -0.05) is 0 Å². The number of methoxy groups -OCH3 is 1. The van der Waals surface area contributed by atoms with Gasteiger partial charge in [0.2, 0.25) is 5.95 Å². The van der Waals surface area contributed by atoms with E-state index in [1.807, 2.05) is 6.92 Å². The highest BCUT2D eigenvalue weighted by atomic mass is 16.5. The number of nitrogens with zero attached hydrogens (tertiary/aromatic N) is 4. The molecule has 0 saturated carbocycles. The molecule has 0 N–H and O–H groups in total. The van der Waals surface area contributed by atoms with Gasteiger partial charge in [0.1, 0.15) is 11.8 Å². The maximum Gasteiger partial charge on any atom is 0.226 e. The predicted octanol–water partition coefficient (Wildman–Crippen LogP) is 1.91. The smallest absolute Gasteiger partial charge is 0.226 e. The summed E-state index contributed by atoms with van der Waals surface area (Å²) in [7, 11) is 1.76. The molecule has 19 heavy (non-hydrogen) atoms. The molecular formula is C14H20N4O. The maximum absolute atomic E-state index is 8.98. The Morgan fingerprint density at radius 2 is 2.26 bits per heavy atom. The van der Waals surface area contributed by atoms with Gasteiger partial charge in [-0.25, -0.2) is 9.97 Å². The number of hydrogen-bond donors (Lipinski definition) is 0. The monoisotopic (exact) mass is 260 g/mol. The van der Waals surface area contributed by atoms with Gasteiger partial charge in [0.05, 0.1) is 0 Å². The summed E-state index contributed by atoms with van der Waals surface area (Å²) < 4.78 is 5.24. The standard InChI is InChI=1S/C14H20N4O/c1-11-8-13(9-15)17-14(16-11)18-6-3-4-12(5-7-18)10-19-2/h8,12H,3-7,10H2,1-2H3. The molecule has 1 aliphatic heterocycles. The van der Waals surface area contributed by atoms with Crippen molar-refractivity contribution in [2.24, 2.45) is 5.92 Å². The Morgan fingerprint density at radius 3 is 3.00 bits per heavy atom. The largest absolute Gasteiger partial charge is 0.384 e. The normalized spacial score (nSPS) is 19.8. The first-order valence-electron chi connectivity index (χ1n) is 6.72. The molecule has 0 bridgehead atoms. The molecule has 1 fully saturated rings. The van der Waals surface area contributed by atoms with E-state index in [2.05, 4.69) is 20.9 Å². The molecular weight excluding hydrogens is 240 g/mol. The van der Waals surface area contributed by atoms with Gasteiger partial charge >= 0.3 is 0 Å². The van der Waals surface area contributed by atoms with E-state index in [-0.39, 0.29) is 0 Å². The fourth-order valence-electron chi connectivity index (χ4n) is 2.52. The van der Waals surface area contributed by atoms with Gasteiger partial charge in [0.15, 0.2) is 0 Å². The molecule has 5 nitrogen and oxygen atoms in total. The van der Waals surface area contributed by atoms with Crippen LogP contribution in [0.3, 0.4) is 0 Å². The Hall–Kier alpha value is -1.67. The van der Waals surface area contributed by atoms with Crippen molar-refractivity contribution in [3.8, 4) is 6.07 Å². The van der Waals surface area contributed by atoms with E-state index in [0.29, 0.717) is 17.6 Å². The predicted molar refractivity (Wildman–Crippen MR) is 72.9 cm³/mol. The van der Waals surface area contributed by atoms with Crippen LogP contribution in [0, 0.1) is 24.2 Å². The van der Waals surface area contributed by atoms with Gasteiger partial charge in [-0.3, -0.25) is 0 Å². The van der Waals surface area contributed by atoms with Gasteiger partial charge in [-0.2, -0.15) is 5.26 Å². The number of rotatable bonds is 3. The molecule has 0 radical (unpaired) electrons. The van der Waals surface area contributed by atoms with E-state index in [0.717, 1.165) is 38.2 Å². The van der Waals surface area contributed by atoms with E-state index >= 15 is 0 Å². The third kappa shape index (κ3) is 3.65. The van der Waals surface area contributed by atoms with Crippen molar-refractivity contribution in [3.05, 3.63) is 17.5 Å². The average molecular weight is 260 g/mol. The van der Waals surface area contributed by atoms with Crippen LogP contribution in [0.1, 0.15) is 30.7 Å². The lowest BCUT2D eigenvalue weighted by atomic mass is 10.0. The SMILES string of the molecule is COCC1CCCN(c2nc(C)cc(C#N)n2)CC1. The summed E-state index contributed by atoms with van der Waals surface area (Å²) in [5.74, 6) is 1.31. The number of aryl methyl sites for hydroxylation is 1. The third-order valence-electron chi connectivity index (χ3n) is 3.49. The first-order chi connectivity index (χ1) is 9.22. The van der Waals surface area contributed by atoms with E-state index in [9.17, 15) is 0 Å². The lowest BCUT2D eigenvalue weighted by molar-refractivity contribution is 0.146. The highest BCUT2D eigenvalue weighted by molar-refractivity contribution is 5.36. The number of nitriles is 1. The highest BCUT2D eigenvalue weighted by Crippen LogP contribution is 2.21. The van der Waals surface area contributed by atoms with Gasteiger partial charge in [-0.15, -0.1) is 0 Å². The van der Waals surface area contributed by atoms with Crippen molar-refractivity contribution in [2.45, 2.75) is 26.2 Å². The molecule has 2 rings (SSSR count). The summed E-state index contributed by atoms with van der Waals surface area (Å²) in [6.07, 6.45) is 3.39. The van der Waals surface area contributed by atoms with Crippen LogP contribution >= 0.6 is 0 Å². The summed E-state index contributed by atoms with van der Waals surface area (Å²) in [5, 5.41) is 8.98. The van der Waals surface area contributed by atoms with Crippen LogP contribution in [-0.2, 0) is 4.74 Å². The van der Waals surface area contributed by atoms with E-state index < -0.39 is 0 Å². The fourth-order valence-corrected chi connectivity index (χ4v) is 2.52. The average Bonchev–Trinajstić information content (AvgIpc) is 2.64. The van der Waals surface area contributed by atoms with E-state index in [4.69, 9.17) is 10.00 Å². The molecule has 0 aromatic carbocycles. The minimum absolute atomic E-state index is 0.445. The Bertz CT molecular complexity index is 469. The topological polar surface area (TPSA) is 62.0 Å². The minimum Gasteiger partial charge on any atom is -0.384 e. The maximum atomic E-state index is 8.98. The van der Waals surface area contributed by atoms with Gasteiger partial charge in [-0.05, 0) is 38.2 Å². The molecule has 5 heteroatoms. The second-order valence-electron chi connectivity index (χ2n) is 5.05. The Kier molecular flexibility index (Phi) is 4.69. The quantitative estimate of drug-likeness (QED) is 0.830. The van der Waals surface area contributed by atoms with Crippen LogP contribution in [0.15, 0.2) is 6.07 Å². The van der Waals surface area contributed by atoms with Crippen molar-refractivity contribution in [2.75, 3.05) is 31.7 Å². The zero-order chi connectivity index (χ0) is 13.7. The van der Waals surface area contributed by atoms with Gasteiger partial charge in [0, 0.05) is 32.5 Å². The summed E-state index contributed by atoms with van der Waals surface area (Å²) in [6.45, 7) is 4.61. The van der Waals surface area contributed by atoms with E-state index in [1.165, 1.54) is 6.42 Å². The number of hydrogen-bond acceptors (Lipinski definition) is 5. The molecule has 1 aromatic heterocycles. The van der Waals surface area contributed by atoms with Crippen LogP contribution in [0.4, 0.5) is 5.95 Å². The number of ether oxygens (including phenoxy) is 1. The molecule has 0 amide bonds. The second-order valence-corrected chi connectivity index (χ2v) is 5.05. The lowest BCUT2D eigenvalue weighted by Crippen LogP contribution is -2.27. The summed E-state index contributed by atoms with van der Waals surface area (Å²) in [5.41, 5.74) is 1.29. The molecule has 1 saturated heterocycles. The van der Waals surface area contributed by atoms with Crippen molar-refractivity contribution in [1.82, 2.24) is 9.97 Å².